The van der Waals surface area contributed by atoms with Crippen molar-refractivity contribution in [1.82, 2.24) is 15.2 Å². The molecular formula is C14H13N3O2S. The van der Waals surface area contributed by atoms with Gasteiger partial charge in [0.05, 0.1) is 16.3 Å². The maximum atomic E-state index is 11.1. The molecule has 3 rings (SSSR count). The summed E-state index contributed by atoms with van der Waals surface area (Å²) < 4.78 is 20.2. The summed E-state index contributed by atoms with van der Waals surface area (Å²) in [4.78, 5) is 5.00. The third-order valence-electron chi connectivity index (χ3n) is 3.25. The van der Waals surface area contributed by atoms with Crippen LogP contribution in [-0.2, 0) is 11.1 Å². The van der Waals surface area contributed by atoms with E-state index >= 15 is 0 Å². The van der Waals surface area contributed by atoms with E-state index in [1.807, 2.05) is 32.0 Å². The van der Waals surface area contributed by atoms with Crippen molar-refractivity contribution in [3.05, 3.63) is 41.6 Å². The lowest BCUT2D eigenvalue weighted by atomic mass is 10.1. The van der Waals surface area contributed by atoms with Crippen molar-refractivity contribution >= 4 is 22.1 Å². The lowest BCUT2D eigenvalue weighted by Crippen LogP contribution is -1.93. The number of pyridine rings is 1. The number of H-pyrrole nitrogens is 1. The molecule has 2 heterocycles. The number of fused-ring (bicyclic) bond motifs is 1. The highest BCUT2D eigenvalue weighted by Crippen LogP contribution is 2.25. The third kappa shape index (κ3) is 2.13. The molecule has 0 aliphatic carbocycles. The summed E-state index contributed by atoms with van der Waals surface area (Å²) in [6.45, 7) is 3.83. The number of nitrogens with zero attached hydrogens (tertiary/aromatic N) is 2. The van der Waals surface area contributed by atoms with Crippen LogP contribution in [-0.4, -0.2) is 23.9 Å². The number of hydrogen-bond acceptors (Lipinski definition) is 3. The van der Waals surface area contributed by atoms with E-state index in [1.165, 1.54) is 0 Å². The van der Waals surface area contributed by atoms with E-state index in [0.29, 0.717) is 4.90 Å². The Labute approximate surface area is 118 Å². The molecule has 2 N–H and O–H groups in total. The summed E-state index contributed by atoms with van der Waals surface area (Å²) in [6.07, 6.45) is 0. The minimum Gasteiger partial charge on any atom is -0.302 e. The van der Waals surface area contributed by atoms with Crippen molar-refractivity contribution in [2.45, 2.75) is 18.7 Å². The van der Waals surface area contributed by atoms with Crippen molar-refractivity contribution in [2.75, 3.05) is 0 Å². The van der Waals surface area contributed by atoms with Crippen molar-refractivity contribution < 1.29 is 8.76 Å². The molecule has 2 aromatic heterocycles. The second-order valence-corrected chi connectivity index (χ2v) is 5.61. The Bertz CT molecular complexity index is 826. The number of nitrogens with one attached hydrogen (secondary N) is 1. The molecule has 1 aromatic carbocycles. The maximum absolute atomic E-state index is 11.1. The zero-order valence-corrected chi connectivity index (χ0v) is 11.9. The van der Waals surface area contributed by atoms with E-state index in [1.54, 1.807) is 12.1 Å². The highest BCUT2D eigenvalue weighted by Gasteiger charge is 2.09. The topological polar surface area (TPSA) is 78.9 Å². The van der Waals surface area contributed by atoms with Crippen LogP contribution in [0.3, 0.4) is 0 Å². The Balaban J connectivity index is 2.15. The smallest absolute Gasteiger partial charge is 0.186 e. The zero-order valence-electron chi connectivity index (χ0n) is 11.0. The van der Waals surface area contributed by atoms with Gasteiger partial charge in [0.2, 0.25) is 0 Å². The molecule has 6 heteroatoms. The molecule has 0 fully saturated rings. The van der Waals surface area contributed by atoms with Crippen LogP contribution < -0.4 is 0 Å². The molecule has 0 bridgehead atoms. The number of aryl methyl sites for hydroxylation is 2. The Morgan fingerprint density at radius 3 is 2.70 bits per heavy atom. The Morgan fingerprint density at radius 1 is 1.20 bits per heavy atom. The predicted octanol–water partition coefficient (Wildman–Crippen LogP) is 2.82. The molecule has 0 aliphatic rings. The summed E-state index contributed by atoms with van der Waals surface area (Å²) in [5.74, 6) is 0. The summed E-state index contributed by atoms with van der Waals surface area (Å²) in [5, 5.41) is 7.06. The first kappa shape index (κ1) is 13.0. The van der Waals surface area contributed by atoms with Gasteiger partial charge in [-0.25, -0.2) is 9.19 Å². The van der Waals surface area contributed by atoms with E-state index in [2.05, 4.69) is 15.2 Å². The molecule has 0 saturated heterocycles. The van der Waals surface area contributed by atoms with Crippen LogP contribution in [0.2, 0.25) is 0 Å². The van der Waals surface area contributed by atoms with Crippen LogP contribution in [0.4, 0.5) is 0 Å². The third-order valence-corrected chi connectivity index (χ3v) is 3.91. The number of rotatable bonds is 2. The average molecular weight is 287 g/mol. The summed E-state index contributed by atoms with van der Waals surface area (Å²) in [6, 6.07) is 8.99. The Hall–Kier alpha value is -2.05. The van der Waals surface area contributed by atoms with Gasteiger partial charge in [-0.3, -0.25) is 5.10 Å². The van der Waals surface area contributed by atoms with E-state index in [9.17, 15) is 4.21 Å². The van der Waals surface area contributed by atoms with Gasteiger partial charge in [0.1, 0.15) is 11.0 Å². The van der Waals surface area contributed by atoms with E-state index < -0.39 is 11.1 Å². The molecule has 3 aromatic rings. The molecule has 20 heavy (non-hydrogen) atoms. The van der Waals surface area contributed by atoms with Gasteiger partial charge in [0.15, 0.2) is 11.1 Å². The lowest BCUT2D eigenvalue weighted by Gasteiger charge is -2.06. The summed E-state index contributed by atoms with van der Waals surface area (Å²) in [7, 11) is 0. The minimum atomic E-state index is -1.96. The van der Waals surface area contributed by atoms with Crippen LogP contribution >= 0.6 is 0 Å². The second-order valence-electron chi connectivity index (χ2n) is 4.64. The Kier molecular flexibility index (Phi) is 3.11. The Morgan fingerprint density at radius 2 is 2.00 bits per heavy atom. The molecule has 0 spiro atoms. The van der Waals surface area contributed by atoms with Gasteiger partial charge in [-0.05, 0) is 43.7 Å². The zero-order chi connectivity index (χ0) is 14.3. The molecule has 102 valence electrons. The molecule has 1 unspecified atom stereocenters. The first-order chi connectivity index (χ1) is 9.56. The summed E-state index contributed by atoms with van der Waals surface area (Å²) in [5.41, 5.74) is 5.29. The SMILES string of the molecule is Cc1cc(S(=O)O)ccc1-c1ccc2n[nH]c(C)c2n1. The van der Waals surface area contributed by atoms with Gasteiger partial charge >= 0.3 is 0 Å². The van der Waals surface area contributed by atoms with Crippen molar-refractivity contribution in [1.29, 1.82) is 0 Å². The van der Waals surface area contributed by atoms with E-state index in [-0.39, 0.29) is 0 Å². The second kappa shape index (κ2) is 4.81. The fourth-order valence-corrected chi connectivity index (χ4v) is 2.66. The quantitative estimate of drug-likeness (QED) is 0.710. The molecular weight excluding hydrogens is 274 g/mol. The molecule has 5 nitrogen and oxygen atoms in total. The number of aromatic amines is 1. The van der Waals surface area contributed by atoms with E-state index in [0.717, 1.165) is 33.5 Å². The molecule has 1 atom stereocenters. The number of benzene rings is 1. The maximum Gasteiger partial charge on any atom is 0.186 e. The van der Waals surface area contributed by atoms with Crippen LogP contribution in [0, 0.1) is 13.8 Å². The standard InChI is InChI=1S/C14H13N3O2S/c1-8-7-10(20(18)19)3-4-11(8)12-5-6-13-14(15-12)9(2)16-17-13/h3-7H,1-2H3,(H,16,17)(H,18,19). The van der Waals surface area contributed by atoms with Gasteiger partial charge < -0.3 is 4.55 Å². The van der Waals surface area contributed by atoms with Crippen LogP contribution in [0.5, 0.6) is 0 Å². The number of aromatic nitrogens is 3. The molecule has 0 saturated carbocycles. The van der Waals surface area contributed by atoms with Crippen LogP contribution in [0.25, 0.3) is 22.3 Å². The van der Waals surface area contributed by atoms with Gasteiger partial charge in [0, 0.05) is 5.56 Å². The van der Waals surface area contributed by atoms with Gasteiger partial charge in [-0.15, -0.1) is 0 Å². The molecule has 0 amide bonds. The fourth-order valence-electron chi connectivity index (χ4n) is 2.20. The predicted molar refractivity (Wildman–Crippen MR) is 77.8 cm³/mol. The first-order valence-corrected chi connectivity index (χ1v) is 7.20. The fraction of sp³-hybridized carbons (Fsp3) is 0.143. The highest BCUT2D eigenvalue weighted by atomic mass is 32.2. The molecule has 0 radical (unpaired) electrons. The largest absolute Gasteiger partial charge is 0.302 e. The summed E-state index contributed by atoms with van der Waals surface area (Å²) >= 11 is -1.96. The minimum absolute atomic E-state index is 0.395. The normalized spacial score (nSPS) is 12.8. The van der Waals surface area contributed by atoms with Gasteiger partial charge in [-0.2, -0.15) is 5.10 Å². The number of hydrogen-bond donors (Lipinski definition) is 2. The average Bonchev–Trinajstić information content (AvgIpc) is 2.80. The van der Waals surface area contributed by atoms with Crippen molar-refractivity contribution in [2.24, 2.45) is 0 Å². The van der Waals surface area contributed by atoms with Crippen LogP contribution in [0.1, 0.15) is 11.3 Å². The first-order valence-electron chi connectivity index (χ1n) is 6.10. The van der Waals surface area contributed by atoms with Gasteiger partial charge in [-0.1, -0.05) is 6.07 Å². The van der Waals surface area contributed by atoms with Crippen molar-refractivity contribution in [3.63, 3.8) is 0 Å². The van der Waals surface area contributed by atoms with E-state index in [4.69, 9.17) is 4.55 Å². The van der Waals surface area contributed by atoms with Gasteiger partial charge in [0.25, 0.3) is 0 Å². The van der Waals surface area contributed by atoms with Crippen molar-refractivity contribution in [3.8, 4) is 11.3 Å². The molecule has 0 aliphatic heterocycles. The monoisotopic (exact) mass is 287 g/mol. The lowest BCUT2D eigenvalue weighted by molar-refractivity contribution is 0.564. The highest BCUT2D eigenvalue weighted by molar-refractivity contribution is 7.79. The van der Waals surface area contributed by atoms with Crippen LogP contribution in [0.15, 0.2) is 35.2 Å².